The smallest absolute Gasteiger partial charge is 0.211 e. The molecule has 1 atom stereocenters. The number of aromatic hydroxyl groups is 1. The summed E-state index contributed by atoms with van der Waals surface area (Å²) in [5.74, 6) is 0.970. The summed E-state index contributed by atoms with van der Waals surface area (Å²) >= 11 is 0. The maximum atomic E-state index is 10.0. The molecule has 142 valence electrons. The Balaban J connectivity index is 0.000000273. The molecule has 0 aliphatic carbocycles. The van der Waals surface area contributed by atoms with Gasteiger partial charge in [0.05, 0.1) is 19.4 Å². The van der Waals surface area contributed by atoms with Crippen molar-refractivity contribution in [2.45, 2.75) is 26.3 Å². The van der Waals surface area contributed by atoms with Crippen LogP contribution in [0.4, 0.5) is 5.69 Å². The number of hydrogen-bond acceptors (Lipinski definition) is 5. The van der Waals surface area contributed by atoms with Crippen molar-refractivity contribution in [1.29, 1.82) is 0 Å². The standard InChI is InChI=1S/C12H19NO2.C8H9NO2/c1-10(13-7-8-14)9-11-3-5-12(15-2)6-4-11;1-6-2-3-8(11)7(4-6)9-5-10/h3-6,10,13-14H,7-9H2,1-2H3;2-5,11H,1H3,(H,9,10). The van der Waals surface area contributed by atoms with Crippen LogP contribution in [0.15, 0.2) is 42.5 Å². The molecule has 4 N–H and O–H groups in total. The summed E-state index contributed by atoms with van der Waals surface area (Å²) < 4.78 is 5.09. The van der Waals surface area contributed by atoms with Gasteiger partial charge in [-0.15, -0.1) is 0 Å². The van der Waals surface area contributed by atoms with Gasteiger partial charge in [-0.05, 0) is 55.7 Å². The van der Waals surface area contributed by atoms with Gasteiger partial charge >= 0.3 is 0 Å². The summed E-state index contributed by atoms with van der Waals surface area (Å²) in [6.45, 7) is 4.83. The van der Waals surface area contributed by atoms with Crippen LogP contribution in [0, 0.1) is 6.92 Å². The minimum atomic E-state index is 0.0858. The number of rotatable bonds is 8. The maximum absolute atomic E-state index is 10.0. The molecule has 0 bridgehead atoms. The minimum Gasteiger partial charge on any atom is -0.506 e. The molecule has 6 heteroatoms. The van der Waals surface area contributed by atoms with E-state index in [1.54, 1.807) is 25.3 Å². The summed E-state index contributed by atoms with van der Waals surface area (Å²) in [6, 6.07) is 13.5. The van der Waals surface area contributed by atoms with E-state index in [4.69, 9.17) is 14.9 Å². The van der Waals surface area contributed by atoms with Crippen molar-refractivity contribution in [3.8, 4) is 11.5 Å². The molecule has 2 rings (SSSR count). The van der Waals surface area contributed by atoms with Gasteiger partial charge in [-0.25, -0.2) is 0 Å². The van der Waals surface area contributed by atoms with Crippen LogP contribution in [0.1, 0.15) is 18.1 Å². The third-order valence-electron chi connectivity index (χ3n) is 3.67. The van der Waals surface area contributed by atoms with Gasteiger partial charge in [-0.1, -0.05) is 18.2 Å². The number of aryl methyl sites for hydroxylation is 1. The first kappa shape index (κ1) is 21.5. The van der Waals surface area contributed by atoms with E-state index in [2.05, 4.69) is 29.7 Å². The number of benzene rings is 2. The van der Waals surface area contributed by atoms with E-state index >= 15 is 0 Å². The molecule has 2 aromatic carbocycles. The molecule has 1 amide bonds. The molecule has 0 spiro atoms. The van der Waals surface area contributed by atoms with Crippen LogP contribution < -0.4 is 15.4 Å². The van der Waals surface area contributed by atoms with Crippen molar-refractivity contribution < 1.29 is 19.7 Å². The summed E-state index contributed by atoms with van der Waals surface area (Å²) in [5, 5.41) is 23.4. The fourth-order valence-corrected chi connectivity index (χ4v) is 2.33. The molecule has 0 aliphatic rings. The van der Waals surface area contributed by atoms with Gasteiger partial charge in [0.15, 0.2) is 0 Å². The zero-order valence-electron chi connectivity index (χ0n) is 15.5. The maximum Gasteiger partial charge on any atom is 0.211 e. The van der Waals surface area contributed by atoms with Crippen molar-refractivity contribution in [1.82, 2.24) is 5.32 Å². The van der Waals surface area contributed by atoms with Crippen molar-refractivity contribution in [3.05, 3.63) is 53.6 Å². The molecular formula is C20H28N2O4. The number of aliphatic hydroxyl groups is 1. The lowest BCUT2D eigenvalue weighted by Crippen LogP contribution is -2.30. The third kappa shape index (κ3) is 8.00. The largest absolute Gasteiger partial charge is 0.506 e. The number of aliphatic hydroxyl groups excluding tert-OH is 1. The number of phenolic OH excluding ortho intramolecular Hbond substituents is 1. The van der Waals surface area contributed by atoms with Crippen molar-refractivity contribution in [2.75, 3.05) is 25.6 Å². The fraction of sp³-hybridized carbons (Fsp3) is 0.350. The predicted octanol–water partition coefficient (Wildman–Crippen LogP) is 2.48. The molecule has 2 aromatic rings. The molecule has 0 aliphatic heterocycles. The highest BCUT2D eigenvalue weighted by molar-refractivity contribution is 5.75. The Kier molecular flexibility index (Phi) is 9.82. The Morgan fingerprint density at radius 2 is 1.88 bits per heavy atom. The Morgan fingerprint density at radius 3 is 2.46 bits per heavy atom. The van der Waals surface area contributed by atoms with Crippen LogP contribution in [0.2, 0.25) is 0 Å². The van der Waals surface area contributed by atoms with Crippen LogP contribution in [-0.2, 0) is 11.2 Å². The van der Waals surface area contributed by atoms with E-state index in [1.807, 2.05) is 19.1 Å². The fourth-order valence-electron chi connectivity index (χ4n) is 2.33. The van der Waals surface area contributed by atoms with Crippen molar-refractivity contribution >= 4 is 12.1 Å². The molecule has 0 saturated heterocycles. The number of nitrogens with one attached hydrogen (secondary N) is 2. The number of amides is 1. The molecule has 1 unspecified atom stereocenters. The molecule has 0 radical (unpaired) electrons. The number of anilines is 1. The lowest BCUT2D eigenvalue weighted by atomic mass is 10.1. The number of carbonyl (C=O) groups is 1. The van der Waals surface area contributed by atoms with Gasteiger partial charge < -0.3 is 25.6 Å². The SMILES string of the molecule is COc1ccc(CC(C)NCCO)cc1.Cc1ccc(O)c(NC=O)c1. The second-order valence-electron chi connectivity index (χ2n) is 5.91. The summed E-state index contributed by atoms with van der Waals surface area (Å²) in [6.07, 6.45) is 1.50. The molecular weight excluding hydrogens is 332 g/mol. The van der Waals surface area contributed by atoms with E-state index in [1.165, 1.54) is 5.56 Å². The third-order valence-corrected chi connectivity index (χ3v) is 3.67. The summed E-state index contributed by atoms with van der Waals surface area (Å²) in [4.78, 5) is 10.0. The first-order valence-electron chi connectivity index (χ1n) is 8.47. The average Bonchev–Trinajstić information content (AvgIpc) is 2.64. The Labute approximate surface area is 154 Å². The number of ether oxygens (including phenoxy) is 1. The van der Waals surface area contributed by atoms with Gasteiger partial charge in [-0.3, -0.25) is 4.79 Å². The van der Waals surface area contributed by atoms with Crippen LogP contribution in [0.3, 0.4) is 0 Å². The predicted molar refractivity (Wildman–Crippen MR) is 104 cm³/mol. The Hall–Kier alpha value is -2.57. The van der Waals surface area contributed by atoms with Crippen LogP contribution >= 0.6 is 0 Å². The van der Waals surface area contributed by atoms with Gasteiger partial charge in [0, 0.05) is 12.6 Å². The van der Waals surface area contributed by atoms with Crippen LogP contribution in [0.25, 0.3) is 0 Å². The highest BCUT2D eigenvalue weighted by Gasteiger charge is 2.02. The number of carbonyl (C=O) groups excluding carboxylic acids is 1. The first-order chi connectivity index (χ1) is 12.5. The first-order valence-corrected chi connectivity index (χ1v) is 8.47. The van der Waals surface area contributed by atoms with E-state index in [9.17, 15) is 4.79 Å². The number of phenols is 1. The average molecular weight is 360 g/mol. The van der Waals surface area contributed by atoms with Gasteiger partial charge in [0.2, 0.25) is 6.41 Å². The Morgan fingerprint density at radius 1 is 1.19 bits per heavy atom. The molecule has 26 heavy (non-hydrogen) atoms. The zero-order chi connectivity index (χ0) is 19.4. The molecule has 0 fully saturated rings. The second kappa shape index (κ2) is 11.9. The van der Waals surface area contributed by atoms with Gasteiger partial charge in [-0.2, -0.15) is 0 Å². The second-order valence-corrected chi connectivity index (χ2v) is 5.91. The van der Waals surface area contributed by atoms with Crippen molar-refractivity contribution in [2.24, 2.45) is 0 Å². The van der Waals surface area contributed by atoms with E-state index in [0.717, 1.165) is 17.7 Å². The van der Waals surface area contributed by atoms with Crippen LogP contribution in [-0.4, -0.2) is 42.9 Å². The summed E-state index contributed by atoms with van der Waals surface area (Å²) in [5.41, 5.74) is 2.71. The van der Waals surface area contributed by atoms with E-state index in [0.29, 0.717) is 24.7 Å². The molecule has 6 nitrogen and oxygen atoms in total. The number of methoxy groups -OCH3 is 1. The van der Waals surface area contributed by atoms with Crippen LogP contribution in [0.5, 0.6) is 11.5 Å². The Bertz CT molecular complexity index is 659. The highest BCUT2D eigenvalue weighted by Crippen LogP contribution is 2.22. The minimum absolute atomic E-state index is 0.0858. The molecule has 0 saturated carbocycles. The van der Waals surface area contributed by atoms with Gasteiger partial charge in [0.25, 0.3) is 0 Å². The topological polar surface area (TPSA) is 90.8 Å². The van der Waals surface area contributed by atoms with Gasteiger partial charge in [0.1, 0.15) is 11.5 Å². The molecule has 0 heterocycles. The highest BCUT2D eigenvalue weighted by atomic mass is 16.5. The molecule has 0 aromatic heterocycles. The normalized spacial score (nSPS) is 11.1. The monoisotopic (exact) mass is 360 g/mol. The van der Waals surface area contributed by atoms with E-state index in [-0.39, 0.29) is 12.4 Å². The number of hydrogen-bond donors (Lipinski definition) is 4. The quantitative estimate of drug-likeness (QED) is 0.429. The lowest BCUT2D eigenvalue weighted by Gasteiger charge is -2.12. The van der Waals surface area contributed by atoms with E-state index < -0.39 is 0 Å². The zero-order valence-corrected chi connectivity index (χ0v) is 15.5. The summed E-state index contributed by atoms with van der Waals surface area (Å²) in [7, 11) is 1.67. The lowest BCUT2D eigenvalue weighted by molar-refractivity contribution is -0.105. The van der Waals surface area contributed by atoms with Crippen molar-refractivity contribution in [3.63, 3.8) is 0 Å².